The molecule has 0 saturated carbocycles. The number of benzene rings is 1. The smallest absolute Gasteiger partial charge is 0.241 e. The molecule has 4 rings (SSSR count). The minimum absolute atomic E-state index is 0.00121. The van der Waals surface area contributed by atoms with Crippen molar-refractivity contribution in [2.45, 2.75) is 38.3 Å². The molecule has 0 bridgehead atoms. The van der Waals surface area contributed by atoms with Crippen molar-refractivity contribution in [3.63, 3.8) is 0 Å². The van der Waals surface area contributed by atoms with Gasteiger partial charge >= 0.3 is 0 Å². The number of carbonyl (C=O) groups excluding carboxylic acids is 2. The zero-order chi connectivity index (χ0) is 21.6. The molecular weight excluding hydrogens is 394 g/mol. The predicted molar refractivity (Wildman–Crippen MR) is 117 cm³/mol. The van der Waals surface area contributed by atoms with Crippen molar-refractivity contribution in [1.29, 1.82) is 0 Å². The van der Waals surface area contributed by atoms with Gasteiger partial charge in [-0.3, -0.25) is 14.6 Å². The number of hydrogen-bond acceptors (Lipinski definition) is 6. The molecule has 31 heavy (non-hydrogen) atoms. The van der Waals surface area contributed by atoms with Gasteiger partial charge in [0.15, 0.2) is 0 Å². The molecule has 2 fully saturated rings. The first-order chi connectivity index (χ1) is 15.1. The highest BCUT2D eigenvalue weighted by molar-refractivity contribution is 5.93. The second kappa shape index (κ2) is 9.89. The van der Waals surface area contributed by atoms with Gasteiger partial charge in [-0.15, -0.1) is 0 Å². The van der Waals surface area contributed by atoms with E-state index in [0.29, 0.717) is 26.1 Å². The number of aromatic nitrogens is 1. The molecule has 3 heterocycles. The maximum absolute atomic E-state index is 13.1. The third-order valence-corrected chi connectivity index (χ3v) is 5.78. The van der Waals surface area contributed by atoms with Crippen molar-refractivity contribution in [3.8, 4) is 5.75 Å². The van der Waals surface area contributed by atoms with Gasteiger partial charge in [-0.05, 0) is 62.6 Å². The van der Waals surface area contributed by atoms with Gasteiger partial charge in [0.2, 0.25) is 11.8 Å². The van der Waals surface area contributed by atoms with Gasteiger partial charge in [0, 0.05) is 25.0 Å². The van der Waals surface area contributed by atoms with Gasteiger partial charge in [-0.2, -0.15) is 0 Å². The second-order valence-electron chi connectivity index (χ2n) is 7.95. The summed E-state index contributed by atoms with van der Waals surface area (Å²) in [5.41, 5.74) is 7.93. The molecule has 3 N–H and O–H groups in total. The summed E-state index contributed by atoms with van der Waals surface area (Å²) in [5, 5.41) is 2.97. The SMILES string of the molecule is CCOc1ccc(NC(=O)C2CCCN(C(=O)C3CC(c4ccccn4)NN3)C2)cc1. The fraction of sp³-hybridized carbons (Fsp3) is 0.435. The van der Waals surface area contributed by atoms with Crippen LogP contribution < -0.4 is 20.9 Å². The van der Waals surface area contributed by atoms with Crippen LogP contribution in [-0.2, 0) is 9.59 Å². The summed E-state index contributed by atoms with van der Waals surface area (Å²) in [6, 6.07) is 12.8. The van der Waals surface area contributed by atoms with E-state index in [1.807, 2.05) is 54.3 Å². The van der Waals surface area contributed by atoms with Crippen molar-refractivity contribution in [1.82, 2.24) is 20.7 Å². The Morgan fingerprint density at radius 2 is 2.03 bits per heavy atom. The molecule has 8 heteroatoms. The number of nitrogens with zero attached hydrogens (tertiary/aromatic N) is 2. The number of rotatable bonds is 6. The van der Waals surface area contributed by atoms with Gasteiger partial charge in [-0.1, -0.05) is 6.07 Å². The van der Waals surface area contributed by atoms with Crippen LogP contribution in [0.1, 0.15) is 37.9 Å². The van der Waals surface area contributed by atoms with Crippen LogP contribution in [0.5, 0.6) is 5.75 Å². The van der Waals surface area contributed by atoms with Crippen molar-refractivity contribution in [2.24, 2.45) is 5.92 Å². The average Bonchev–Trinajstić information content (AvgIpc) is 3.31. The van der Waals surface area contributed by atoms with E-state index in [4.69, 9.17) is 4.74 Å². The van der Waals surface area contributed by atoms with Crippen LogP contribution >= 0.6 is 0 Å². The zero-order valence-electron chi connectivity index (χ0n) is 17.7. The number of piperidine rings is 1. The Bertz CT molecular complexity index is 890. The number of anilines is 1. The van der Waals surface area contributed by atoms with E-state index >= 15 is 0 Å². The molecule has 8 nitrogen and oxygen atoms in total. The highest BCUT2D eigenvalue weighted by Gasteiger charge is 2.36. The number of hydrogen-bond donors (Lipinski definition) is 3. The third kappa shape index (κ3) is 5.21. The lowest BCUT2D eigenvalue weighted by Gasteiger charge is -2.33. The molecule has 1 aromatic carbocycles. The molecule has 0 radical (unpaired) electrons. The Balaban J connectivity index is 1.31. The van der Waals surface area contributed by atoms with E-state index in [-0.39, 0.29) is 29.8 Å². The van der Waals surface area contributed by atoms with Crippen LogP contribution in [0.3, 0.4) is 0 Å². The highest BCUT2D eigenvalue weighted by Crippen LogP contribution is 2.25. The Morgan fingerprint density at radius 3 is 2.77 bits per heavy atom. The molecule has 2 aromatic rings. The van der Waals surface area contributed by atoms with E-state index in [9.17, 15) is 9.59 Å². The molecule has 1 aromatic heterocycles. The molecule has 3 atom stereocenters. The number of nitrogens with one attached hydrogen (secondary N) is 3. The molecule has 3 unspecified atom stereocenters. The molecule has 164 valence electrons. The molecule has 2 amide bonds. The number of carbonyl (C=O) groups is 2. The van der Waals surface area contributed by atoms with E-state index < -0.39 is 0 Å². The molecule has 2 aliphatic rings. The lowest BCUT2D eigenvalue weighted by atomic mass is 9.96. The summed E-state index contributed by atoms with van der Waals surface area (Å²) >= 11 is 0. The van der Waals surface area contributed by atoms with Gasteiger partial charge in [0.25, 0.3) is 0 Å². The van der Waals surface area contributed by atoms with E-state index in [0.717, 1.165) is 30.0 Å². The standard InChI is InChI=1S/C23H29N5O3/c1-2-31-18-10-8-17(9-11-18)25-22(29)16-6-5-13-28(15-16)23(30)21-14-20(26-27-21)19-7-3-4-12-24-19/h3-4,7-12,16,20-21,26-27H,2,5-6,13-15H2,1H3,(H,25,29). The molecule has 0 spiro atoms. The van der Waals surface area contributed by atoms with Crippen molar-refractivity contribution >= 4 is 17.5 Å². The molecular formula is C23H29N5O3. The summed E-state index contributed by atoms with van der Waals surface area (Å²) in [5.74, 6) is 0.539. The van der Waals surface area contributed by atoms with Gasteiger partial charge in [0.1, 0.15) is 11.8 Å². The maximum Gasteiger partial charge on any atom is 0.241 e. The van der Waals surface area contributed by atoms with Crippen molar-refractivity contribution in [2.75, 3.05) is 25.0 Å². The van der Waals surface area contributed by atoms with E-state index in [2.05, 4.69) is 21.2 Å². The Morgan fingerprint density at radius 1 is 1.19 bits per heavy atom. The lowest BCUT2D eigenvalue weighted by molar-refractivity contribution is -0.136. The first-order valence-electron chi connectivity index (χ1n) is 10.9. The lowest BCUT2D eigenvalue weighted by Crippen LogP contribution is -2.50. The normalized spacial score (nSPS) is 23.4. The van der Waals surface area contributed by atoms with Crippen LogP contribution in [0.25, 0.3) is 0 Å². The maximum atomic E-state index is 13.1. The van der Waals surface area contributed by atoms with E-state index in [1.54, 1.807) is 6.20 Å². The zero-order valence-corrected chi connectivity index (χ0v) is 17.7. The van der Waals surface area contributed by atoms with Crippen molar-refractivity contribution < 1.29 is 14.3 Å². The first kappa shape index (κ1) is 21.3. The Labute approximate surface area is 182 Å². The summed E-state index contributed by atoms with van der Waals surface area (Å²) < 4.78 is 5.44. The van der Waals surface area contributed by atoms with Crippen LogP contribution in [-0.4, -0.2) is 47.4 Å². The quantitative estimate of drug-likeness (QED) is 0.660. The average molecular weight is 424 g/mol. The number of likely N-dealkylation sites (tertiary alicyclic amines) is 1. The summed E-state index contributed by atoms with van der Waals surface area (Å²) in [7, 11) is 0. The van der Waals surface area contributed by atoms with Crippen LogP contribution in [0, 0.1) is 5.92 Å². The number of amides is 2. The summed E-state index contributed by atoms with van der Waals surface area (Å²) in [6.45, 7) is 3.65. The fourth-order valence-electron chi connectivity index (χ4n) is 4.15. The molecule has 0 aliphatic carbocycles. The largest absolute Gasteiger partial charge is 0.494 e. The molecule has 2 aliphatic heterocycles. The third-order valence-electron chi connectivity index (χ3n) is 5.78. The Hall–Kier alpha value is -2.97. The van der Waals surface area contributed by atoms with E-state index in [1.165, 1.54) is 0 Å². The highest BCUT2D eigenvalue weighted by atomic mass is 16.5. The predicted octanol–water partition coefficient (Wildman–Crippen LogP) is 2.27. The van der Waals surface area contributed by atoms with Crippen LogP contribution in [0.15, 0.2) is 48.7 Å². The fourth-order valence-corrected chi connectivity index (χ4v) is 4.15. The number of ether oxygens (including phenoxy) is 1. The van der Waals surface area contributed by atoms with Crippen molar-refractivity contribution in [3.05, 3.63) is 54.4 Å². The summed E-state index contributed by atoms with van der Waals surface area (Å²) in [6.07, 6.45) is 3.98. The van der Waals surface area contributed by atoms with Gasteiger partial charge in [0.05, 0.1) is 24.3 Å². The summed E-state index contributed by atoms with van der Waals surface area (Å²) in [4.78, 5) is 32.0. The number of pyridine rings is 1. The topological polar surface area (TPSA) is 95.6 Å². The molecule has 2 saturated heterocycles. The van der Waals surface area contributed by atoms with Crippen LogP contribution in [0.2, 0.25) is 0 Å². The minimum Gasteiger partial charge on any atom is -0.494 e. The second-order valence-corrected chi connectivity index (χ2v) is 7.95. The number of hydrazine groups is 1. The minimum atomic E-state index is -0.320. The Kier molecular flexibility index (Phi) is 6.79. The van der Waals surface area contributed by atoms with Crippen LogP contribution in [0.4, 0.5) is 5.69 Å². The first-order valence-corrected chi connectivity index (χ1v) is 10.9. The van der Waals surface area contributed by atoms with Gasteiger partial charge in [-0.25, -0.2) is 10.9 Å². The van der Waals surface area contributed by atoms with Gasteiger partial charge < -0.3 is 15.0 Å². The monoisotopic (exact) mass is 423 g/mol.